The van der Waals surface area contributed by atoms with Crippen LogP contribution in [0, 0.1) is 0 Å². The minimum absolute atomic E-state index is 0.170. The molecule has 0 heterocycles. The van der Waals surface area contributed by atoms with E-state index in [-0.39, 0.29) is 18.5 Å². The minimum Gasteiger partial charge on any atom is -0.469 e. The van der Waals surface area contributed by atoms with Gasteiger partial charge < -0.3 is 9.47 Å². The van der Waals surface area contributed by atoms with E-state index in [1.807, 2.05) is 36.4 Å². The fraction of sp³-hybridized carbons (Fsp3) is 0.263. The molecular weight excluding hydrogens is 292 g/mol. The average molecular weight is 312 g/mol. The van der Waals surface area contributed by atoms with Gasteiger partial charge in [0.2, 0.25) is 0 Å². The summed E-state index contributed by atoms with van der Waals surface area (Å²) < 4.78 is 9.87. The highest BCUT2D eigenvalue weighted by atomic mass is 16.5. The quantitative estimate of drug-likeness (QED) is 0.578. The lowest BCUT2D eigenvalue weighted by Crippen LogP contribution is -2.10. The lowest BCUT2D eigenvalue weighted by atomic mass is 9.95. The van der Waals surface area contributed by atoms with Crippen LogP contribution in [-0.2, 0) is 20.7 Å². The maximum absolute atomic E-state index is 12.4. The number of hydrogen-bond donors (Lipinski definition) is 0. The molecule has 2 aromatic carbocycles. The number of fused-ring (bicyclic) bond motifs is 1. The zero-order valence-electron chi connectivity index (χ0n) is 13.2. The van der Waals surface area contributed by atoms with Crippen molar-refractivity contribution in [1.82, 2.24) is 0 Å². The van der Waals surface area contributed by atoms with E-state index in [9.17, 15) is 9.59 Å². The highest BCUT2D eigenvalue weighted by Gasteiger charge is 2.16. The van der Waals surface area contributed by atoms with Gasteiger partial charge in [0.05, 0.1) is 12.7 Å². The first-order chi connectivity index (χ1) is 11.2. The van der Waals surface area contributed by atoms with Gasteiger partial charge in [-0.1, -0.05) is 49.1 Å². The highest BCUT2D eigenvalue weighted by molar-refractivity contribution is 6.05. The van der Waals surface area contributed by atoms with Crippen molar-refractivity contribution in [2.75, 3.05) is 13.7 Å². The van der Waals surface area contributed by atoms with Crippen molar-refractivity contribution in [1.29, 1.82) is 0 Å². The Labute approximate surface area is 135 Å². The van der Waals surface area contributed by atoms with Crippen molar-refractivity contribution in [3.8, 4) is 0 Å². The van der Waals surface area contributed by atoms with Crippen LogP contribution in [0.25, 0.3) is 10.8 Å². The van der Waals surface area contributed by atoms with E-state index in [0.29, 0.717) is 24.8 Å². The van der Waals surface area contributed by atoms with Gasteiger partial charge >= 0.3 is 11.9 Å². The van der Waals surface area contributed by atoms with Crippen LogP contribution in [0.1, 0.15) is 28.8 Å². The number of carbonyl (C=O) groups is 2. The first-order valence-corrected chi connectivity index (χ1v) is 7.53. The summed E-state index contributed by atoms with van der Waals surface area (Å²) in [4.78, 5) is 23.7. The van der Waals surface area contributed by atoms with Gasteiger partial charge in [0.25, 0.3) is 0 Å². The Morgan fingerprint density at radius 2 is 1.96 bits per heavy atom. The number of ether oxygens (including phenoxy) is 2. The summed E-state index contributed by atoms with van der Waals surface area (Å²) in [6.07, 6.45) is 3.09. The topological polar surface area (TPSA) is 52.6 Å². The molecule has 0 aliphatic heterocycles. The van der Waals surface area contributed by atoms with Gasteiger partial charge in [0.1, 0.15) is 6.61 Å². The molecule has 0 saturated heterocycles. The normalized spacial score (nSPS) is 10.3. The van der Waals surface area contributed by atoms with Crippen molar-refractivity contribution in [2.45, 2.75) is 19.3 Å². The molecular formula is C19H20O4. The molecule has 0 aromatic heterocycles. The molecule has 2 aromatic rings. The van der Waals surface area contributed by atoms with Crippen molar-refractivity contribution in [3.63, 3.8) is 0 Å². The van der Waals surface area contributed by atoms with Gasteiger partial charge in [-0.3, -0.25) is 4.79 Å². The molecule has 0 spiro atoms. The van der Waals surface area contributed by atoms with E-state index in [4.69, 9.17) is 4.74 Å². The van der Waals surface area contributed by atoms with Gasteiger partial charge in [0.15, 0.2) is 0 Å². The standard InChI is InChI=1S/C19H20O4/c1-3-13-23-19(21)18-15(8-6-10-17(20)22-2)12-11-14-7-4-5-9-16(14)18/h3-5,7,9,11-12H,1,6,8,10,13H2,2H3. The van der Waals surface area contributed by atoms with Crippen LogP contribution in [0.4, 0.5) is 0 Å². The van der Waals surface area contributed by atoms with Crippen LogP contribution in [0.2, 0.25) is 0 Å². The largest absolute Gasteiger partial charge is 0.469 e. The second-order valence-corrected chi connectivity index (χ2v) is 5.14. The predicted molar refractivity (Wildman–Crippen MR) is 89.4 cm³/mol. The molecule has 0 radical (unpaired) electrons. The van der Waals surface area contributed by atoms with E-state index in [1.54, 1.807) is 6.08 Å². The van der Waals surface area contributed by atoms with Crippen LogP contribution in [0.3, 0.4) is 0 Å². The summed E-state index contributed by atoms with van der Waals surface area (Å²) in [6.45, 7) is 3.73. The van der Waals surface area contributed by atoms with E-state index >= 15 is 0 Å². The molecule has 0 N–H and O–H groups in total. The summed E-state index contributed by atoms with van der Waals surface area (Å²) in [7, 11) is 1.37. The summed E-state index contributed by atoms with van der Waals surface area (Å²) in [5.41, 5.74) is 1.44. The Morgan fingerprint density at radius 3 is 2.70 bits per heavy atom. The molecule has 0 bridgehead atoms. The van der Waals surface area contributed by atoms with E-state index in [0.717, 1.165) is 16.3 Å². The number of aryl methyl sites for hydroxylation is 1. The van der Waals surface area contributed by atoms with Crippen LogP contribution >= 0.6 is 0 Å². The summed E-state index contributed by atoms with van der Waals surface area (Å²) >= 11 is 0. The van der Waals surface area contributed by atoms with Gasteiger partial charge in [-0.05, 0) is 29.2 Å². The molecule has 2 rings (SSSR count). The van der Waals surface area contributed by atoms with Gasteiger partial charge in [-0.15, -0.1) is 0 Å². The molecule has 0 fully saturated rings. The van der Waals surface area contributed by atoms with Gasteiger partial charge in [0, 0.05) is 6.42 Å². The third-order valence-electron chi connectivity index (χ3n) is 3.61. The number of esters is 2. The van der Waals surface area contributed by atoms with Gasteiger partial charge in [-0.25, -0.2) is 4.79 Å². The zero-order chi connectivity index (χ0) is 16.7. The highest BCUT2D eigenvalue weighted by Crippen LogP contribution is 2.25. The summed E-state index contributed by atoms with van der Waals surface area (Å²) in [5.74, 6) is -0.614. The Hall–Kier alpha value is -2.62. The molecule has 0 aliphatic carbocycles. The second kappa shape index (κ2) is 8.13. The fourth-order valence-electron chi connectivity index (χ4n) is 2.50. The van der Waals surface area contributed by atoms with E-state index < -0.39 is 0 Å². The average Bonchev–Trinajstić information content (AvgIpc) is 2.59. The first-order valence-electron chi connectivity index (χ1n) is 7.53. The molecule has 4 heteroatoms. The predicted octanol–water partition coefficient (Wildman–Crippen LogP) is 3.68. The number of hydrogen-bond acceptors (Lipinski definition) is 4. The molecule has 0 amide bonds. The lowest BCUT2D eigenvalue weighted by molar-refractivity contribution is -0.140. The number of carbonyl (C=O) groups excluding carboxylic acids is 2. The Morgan fingerprint density at radius 1 is 1.17 bits per heavy atom. The first kappa shape index (κ1) is 16.7. The smallest absolute Gasteiger partial charge is 0.339 e. The van der Waals surface area contributed by atoms with Crippen molar-refractivity contribution >= 4 is 22.7 Å². The molecule has 0 atom stereocenters. The van der Waals surface area contributed by atoms with Gasteiger partial charge in [-0.2, -0.15) is 0 Å². The second-order valence-electron chi connectivity index (χ2n) is 5.14. The van der Waals surface area contributed by atoms with Crippen LogP contribution in [0.5, 0.6) is 0 Å². The third-order valence-corrected chi connectivity index (χ3v) is 3.61. The number of methoxy groups -OCH3 is 1. The maximum atomic E-state index is 12.4. The molecule has 120 valence electrons. The molecule has 0 unspecified atom stereocenters. The molecule has 23 heavy (non-hydrogen) atoms. The third kappa shape index (κ3) is 4.19. The fourth-order valence-corrected chi connectivity index (χ4v) is 2.50. The summed E-state index contributed by atoms with van der Waals surface area (Å²) in [5, 5.41) is 1.84. The Balaban J connectivity index is 2.32. The SMILES string of the molecule is C=CCOC(=O)c1c(CCCC(=O)OC)ccc2ccccc12. The molecule has 0 saturated carbocycles. The van der Waals surface area contributed by atoms with Crippen LogP contribution < -0.4 is 0 Å². The van der Waals surface area contributed by atoms with Crippen molar-refractivity contribution in [3.05, 3.63) is 60.2 Å². The van der Waals surface area contributed by atoms with Crippen LogP contribution in [-0.4, -0.2) is 25.7 Å². The van der Waals surface area contributed by atoms with Crippen LogP contribution in [0.15, 0.2) is 49.1 Å². The lowest BCUT2D eigenvalue weighted by Gasteiger charge is -2.12. The Bertz CT molecular complexity index is 718. The van der Waals surface area contributed by atoms with Crippen molar-refractivity contribution < 1.29 is 19.1 Å². The molecule has 4 nitrogen and oxygen atoms in total. The monoisotopic (exact) mass is 312 g/mol. The number of rotatable bonds is 7. The minimum atomic E-state index is -0.366. The van der Waals surface area contributed by atoms with E-state index in [2.05, 4.69) is 11.3 Å². The van der Waals surface area contributed by atoms with E-state index in [1.165, 1.54) is 7.11 Å². The zero-order valence-corrected chi connectivity index (χ0v) is 13.2. The summed E-state index contributed by atoms with van der Waals surface area (Å²) in [6, 6.07) is 11.6. The van der Waals surface area contributed by atoms with Crippen molar-refractivity contribution in [2.24, 2.45) is 0 Å². The molecule has 0 aliphatic rings. The number of benzene rings is 2. The Kier molecular flexibility index (Phi) is 5.92. The maximum Gasteiger partial charge on any atom is 0.339 e.